The van der Waals surface area contributed by atoms with Gasteiger partial charge in [0.2, 0.25) is 0 Å². The third kappa shape index (κ3) is 3.29. The molecular formula is C23H13N5S. The number of anilines is 2. The third-order valence-electron chi connectivity index (χ3n) is 4.48. The summed E-state index contributed by atoms with van der Waals surface area (Å²) in [7, 11) is 0. The zero-order valence-electron chi connectivity index (χ0n) is 15.1. The summed E-state index contributed by atoms with van der Waals surface area (Å²) >= 11 is 1.50. The Morgan fingerprint density at radius 1 is 1.03 bits per heavy atom. The van der Waals surface area contributed by atoms with Gasteiger partial charge in [0.1, 0.15) is 16.6 Å². The van der Waals surface area contributed by atoms with Crippen LogP contribution in [0.25, 0.3) is 21.1 Å². The number of nitrogens with one attached hydrogen (secondary N) is 2. The molecule has 0 amide bonds. The fourth-order valence-electron chi connectivity index (χ4n) is 3.11. The molecule has 5 rings (SSSR count). The van der Waals surface area contributed by atoms with Crippen LogP contribution >= 0.6 is 11.3 Å². The number of nitrogens with zero attached hydrogens (tertiary/aromatic N) is 3. The van der Waals surface area contributed by atoms with Gasteiger partial charge in [0.15, 0.2) is 0 Å². The van der Waals surface area contributed by atoms with E-state index in [0.29, 0.717) is 11.3 Å². The Hall–Kier alpha value is -4.13. The van der Waals surface area contributed by atoms with Crippen molar-refractivity contribution in [1.29, 1.82) is 5.26 Å². The first kappa shape index (κ1) is 17.0. The molecule has 0 aliphatic heterocycles. The summed E-state index contributed by atoms with van der Waals surface area (Å²) in [4.78, 5) is 13.6. The first-order valence-electron chi connectivity index (χ1n) is 8.90. The molecule has 4 heterocycles. The Morgan fingerprint density at radius 2 is 2.00 bits per heavy atom. The van der Waals surface area contributed by atoms with Gasteiger partial charge in [0.25, 0.3) is 0 Å². The van der Waals surface area contributed by atoms with Crippen molar-refractivity contribution in [2.75, 3.05) is 5.32 Å². The molecule has 0 atom stereocenters. The van der Waals surface area contributed by atoms with Gasteiger partial charge in [-0.15, -0.1) is 11.3 Å². The Bertz CT molecular complexity index is 1450. The van der Waals surface area contributed by atoms with E-state index in [2.05, 4.69) is 38.2 Å². The molecule has 0 aliphatic rings. The monoisotopic (exact) mass is 391 g/mol. The van der Waals surface area contributed by atoms with Crippen molar-refractivity contribution < 1.29 is 0 Å². The minimum Gasteiger partial charge on any atom is -0.361 e. The number of rotatable bonds is 2. The van der Waals surface area contributed by atoms with Crippen LogP contribution in [0.2, 0.25) is 0 Å². The molecule has 6 heteroatoms. The highest BCUT2D eigenvalue weighted by Gasteiger charge is 2.12. The second-order valence-electron chi connectivity index (χ2n) is 6.36. The predicted molar refractivity (Wildman–Crippen MR) is 116 cm³/mol. The second-order valence-corrected chi connectivity index (χ2v) is 7.39. The van der Waals surface area contributed by atoms with Crippen LogP contribution in [0.5, 0.6) is 0 Å². The molecule has 4 aromatic heterocycles. The molecule has 0 aliphatic carbocycles. The van der Waals surface area contributed by atoms with Crippen LogP contribution in [0.4, 0.5) is 11.4 Å². The summed E-state index contributed by atoms with van der Waals surface area (Å²) in [6.07, 6.45) is 5.23. The Labute approximate surface area is 170 Å². The number of hydrogen-bond donors (Lipinski definition) is 2. The van der Waals surface area contributed by atoms with Crippen molar-refractivity contribution in [2.45, 2.75) is 0 Å². The van der Waals surface area contributed by atoms with Crippen LogP contribution in [-0.2, 0) is 0 Å². The Kier molecular flexibility index (Phi) is 4.18. The molecule has 0 unspecified atom stereocenters. The lowest BCUT2D eigenvalue weighted by atomic mass is 10.1. The molecule has 136 valence electrons. The van der Waals surface area contributed by atoms with E-state index < -0.39 is 0 Å². The van der Waals surface area contributed by atoms with Gasteiger partial charge in [-0.05, 0) is 54.3 Å². The van der Waals surface area contributed by atoms with Gasteiger partial charge < -0.3 is 10.3 Å². The molecule has 0 radical (unpaired) electrons. The van der Waals surface area contributed by atoms with Crippen molar-refractivity contribution in [2.24, 2.45) is 0 Å². The highest BCUT2D eigenvalue weighted by Crippen LogP contribution is 2.34. The number of hydrogen-bond acceptors (Lipinski definition) is 5. The second kappa shape index (κ2) is 7.12. The van der Waals surface area contributed by atoms with E-state index in [1.807, 2.05) is 54.7 Å². The van der Waals surface area contributed by atoms with Gasteiger partial charge in [0, 0.05) is 40.6 Å². The summed E-state index contributed by atoms with van der Waals surface area (Å²) in [6, 6.07) is 17.9. The summed E-state index contributed by atoms with van der Waals surface area (Å²) in [6.45, 7) is 0. The molecule has 29 heavy (non-hydrogen) atoms. The number of aromatic nitrogens is 3. The van der Waals surface area contributed by atoms with Crippen LogP contribution in [0, 0.1) is 23.2 Å². The number of H-pyrrole nitrogens is 1. The third-order valence-corrected chi connectivity index (χ3v) is 5.44. The van der Waals surface area contributed by atoms with E-state index in [1.165, 1.54) is 11.3 Å². The first-order chi connectivity index (χ1) is 14.3. The molecule has 5 nitrogen and oxygen atoms in total. The molecule has 5 aromatic rings. The maximum Gasteiger partial charge on any atom is 0.126 e. The quantitative estimate of drug-likeness (QED) is 0.406. The van der Waals surface area contributed by atoms with E-state index in [0.717, 1.165) is 37.4 Å². The fraction of sp³-hybridized carbons (Fsp3) is 0. The number of pyridine rings is 2. The summed E-state index contributed by atoms with van der Waals surface area (Å²) in [5.74, 6) is 6.22. The Balaban J connectivity index is 1.57. The largest absolute Gasteiger partial charge is 0.361 e. The first-order valence-corrected chi connectivity index (χ1v) is 9.72. The van der Waals surface area contributed by atoms with Crippen molar-refractivity contribution in [3.63, 3.8) is 0 Å². The average molecular weight is 391 g/mol. The SMILES string of the molecule is N#Cc1cnc2sc(C#Cc3ccccn3)cc2c1Nc1ccc2[nH]ccc2c1. The van der Waals surface area contributed by atoms with Gasteiger partial charge in [-0.1, -0.05) is 6.07 Å². The molecule has 2 N–H and O–H groups in total. The normalized spacial score (nSPS) is 10.4. The molecule has 0 saturated carbocycles. The summed E-state index contributed by atoms with van der Waals surface area (Å²) in [5, 5.41) is 15.0. The topological polar surface area (TPSA) is 77.4 Å². The van der Waals surface area contributed by atoms with E-state index in [-0.39, 0.29) is 0 Å². The van der Waals surface area contributed by atoms with Crippen molar-refractivity contribution in [3.05, 3.63) is 83.3 Å². The van der Waals surface area contributed by atoms with E-state index in [4.69, 9.17) is 0 Å². The van der Waals surface area contributed by atoms with Gasteiger partial charge >= 0.3 is 0 Å². The maximum absolute atomic E-state index is 9.59. The number of nitriles is 1. The highest BCUT2D eigenvalue weighted by molar-refractivity contribution is 7.19. The van der Waals surface area contributed by atoms with Gasteiger partial charge in [-0.2, -0.15) is 5.26 Å². The molecule has 0 spiro atoms. The Morgan fingerprint density at radius 3 is 2.86 bits per heavy atom. The standard InChI is InChI=1S/C23H13N5S/c24-13-16-14-27-23-20(12-19(29-23)6-4-17-3-1-2-9-25-17)22(16)28-18-5-7-21-15(11-18)8-10-26-21/h1-3,5,7-12,14,26H,(H,27,28). The van der Waals surface area contributed by atoms with Gasteiger partial charge in [0.05, 0.1) is 16.1 Å². The molecule has 1 aromatic carbocycles. The maximum atomic E-state index is 9.59. The van der Waals surface area contributed by atoms with Crippen molar-refractivity contribution in [3.8, 4) is 17.9 Å². The highest BCUT2D eigenvalue weighted by atomic mass is 32.1. The van der Waals surface area contributed by atoms with Gasteiger partial charge in [-0.25, -0.2) is 9.97 Å². The lowest BCUT2D eigenvalue weighted by Gasteiger charge is -2.09. The number of fused-ring (bicyclic) bond motifs is 2. The van der Waals surface area contributed by atoms with Gasteiger partial charge in [-0.3, -0.25) is 0 Å². The zero-order chi connectivity index (χ0) is 19.6. The summed E-state index contributed by atoms with van der Waals surface area (Å²) < 4.78 is 0. The van der Waals surface area contributed by atoms with Crippen LogP contribution < -0.4 is 5.32 Å². The fourth-order valence-corrected chi connectivity index (χ4v) is 3.97. The summed E-state index contributed by atoms with van der Waals surface area (Å²) in [5.41, 5.74) is 3.93. The number of thiophene rings is 1. The average Bonchev–Trinajstić information content (AvgIpc) is 3.39. The lowest BCUT2D eigenvalue weighted by molar-refractivity contribution is 1.29. The molecular weight excluding hydrogens is 378 g/mol. The van der Waals surface area contributed by atoms with Crippen LogP contribution in [0.3, 0.4) is 0 Å². The van der Waals surface area contributed by atoms with Crippen LogP contribution in [0.15, 0.2) is 67.1 Å². The van der Waals surface area contributed by atoms with Crippen LogP contribution in [0.1, 0.15) is 16.1 Å². The van der Waals surface area contributed by atoms with Crippen molar-refractivity contribution >= 4 is 43.8 Å². The van der Waals surface area contributed by atoms with E-state index >= 15 is 0 Å². The zero-order valence-corrected chi connectivity index (χ0v) is 15.9. The number of benzene rings is 1. The molecule has 0 bridgehead atoms. The minimum absolute atomic E-state index is 0.494. The minimum atomic E-state index is 0.494. The smallest absolute Gasteiger partial charge is 0.126 e. The lowest BCUT2D eigenvalue weighted by Crippen LogP contribution is -1.95. The van der Waals surface area contributed by atoms with Crippen molar-refractivity contribution in [1.82, 2.24) is 15.0 Å². The predicted octanol–water partition coefficient (Wildman–Crippen LogP) is 5.19. The number of aromatic amines is 1. The van der Waals surface area contributed by atoms with E-state index in [9.17, 15) is 5.26 Å². The van der Waals surface area contributed by atoms with Crippen LogP contribution in [-0.4, -0.2) is 15.0 Å². The van der Waals surface area contributed by atoms with E-state index in [1.54, 1.807) is 12.4 Å². The molecule has 0 fully saturated rings. The molecule has 0 saturated heterocycles.